The van der Waals surface area contributed by atoms with Gasteiger partial charge in [-0.3, -0.25) is 15.0 Å². The molecule has 0 bridgehead atoms. The number of urea groups is 1. The zero-order valence-corrected chi connectivity index (χ0v) is 5.22. The summed E-state index contributed by atoms with van der Waals surface area (Å²) in [5.74, 6) is 0. The van der Waals surface area contributed by atoms with Crippen LogP contribution in [0.4, 0.5) is 4.79 Å². The van der Waals surface area contributed by atoms with Crippen LogP contribution in [-0.2, 0) is 0 Å². The summed E-state index contributed by atoms with van der Waals surface area (Å²) in [4.78, 5) is 24.2. The quantitative estimate of drug-likeness (QED) is 0.374. The van der Waals surface area contributed by atoms with Gasteiger partial charge < -0.3 is 0 Å². The van der Waals surface area contributed by atoms with Crippen LogP contribution >= 0.6 is 0 Å². The lowest BCUT2D eigenvalue weighted by molar-refractivity contribution is -0.520. The van der Waals surface area contributed by atoms with Gasteiger partial charge >= 0.3 is 12.2 Å². The van der Waals surface area contributed by atoms with Gasteiger partial charge in [0.1, 0.15) is 6.21 Å². The molecule has 10 heavy (non-hydrogen) atoms. The molecule has 1 aliphatic rings. The molecule has 54 valence electrons. The summed E-state index contributed by atoms with van der Waals surface area (Å²) >= 11 is 0. The number of carbonyl (C=O) groups is 1. The number of amides is 2. The van der Waals surface area contributed by atoms with Crippen LogP contribution in [0.1, 0.15) is 0 Å². The Labute approximate surface area is 56.3 Å². The number of carbonyl (C=O) groups excluding carboxylic acids is 1. The van der Waals surface area contributed by atoms with Crippen LogP contribution < -0.4 is 0 Å². The molecule has 6 nitrogen and oxygen atoms in total. The van der Waals surface area contributed by atoms with Crippen molar-refractivity contribution in [3.63, 3.8) is 0 Å². The molecular weight excluding hydrogens is 138 g/mol. The fourth-order valence-electron chi connectivity index (χ4n) is 0.631. The molecule has 0 radical (unpaired) electrons. The van der Waals surface area contributed by atoms with E-state index in [1.54, 1.807) is 0 Å². The fourth-order valence-corrected chi connectivity index (χ4v) is 0.631. The van der Waals surface area contributed by atoms with Crippen molar-refractivity contribution in [3.05, 3.63) is 10.1 Å². The number of aliphatic imine (C=N–C) groups is 1. The maximum absolute atomic E-state index is 10.5. The van der Waals surface area contributed by atoms with Crippen LogP contribution in [0.15, 0.2) is 4.99 Å². The monoisotopic (exact) mass is 143 g/mol. The van der Waals surface area contributed by atoms with Gasteiger partial charge in [-0.25, -0.2) is 4.79 Å². The highest BCUT2D eigenvalue weighted by molar-refractivity contribution is 5.91. The first-order valence-electron chi connectivity index (χ1n) is 2.57. The Hall–Kier alpha value is -1.46. The average molecular weight is 143 g/mol. The van der Waals surface area contributed by atoms with E-state index in [2.05, 4.69) is 4.99 Å². The van der Waals surface area contributed by atoms with Crippen LogP contribution in [0.3, 0.4) is 0 Å². The Balaban J connectivity index is 2.76. The molecule has 0 fully saturated rings. The number of nitro groups is 1. The molecule has 0 aromatic carbocycles. The molecule has 1 atom stereocenters. The average Bonchev–Trinajstić information content (AvgIpc) is 2.14. The normalized spacial score (nSPS) is 23.9. The van der Waals surface area contributed by atoms with Gasteiger partial charge in [0, 0.05) is 7.05 Å². The number of nitrogens with zero attached hydrogens (tertiary/aromatic N) is 3. The van der Waals surface area contributed by atoms with Gasteiger partial charge in [-0.05, 0) is 0 Å². The predicted molar refractivity (Wildman–Crippen MR) is 32.4 cm³/mol. The number of hydrogen-bond donors (Lipinski definition) is 0. The van der Waals surface area contributed by atoms with Crippen molar-refractivity contribution in [2.24, 2.45) is 4.99 Å². The van der Waals surface area contributed by atoms with E-state index < -0.39 is 17.1 Å². The second kappa shape index (κ2) is 2.05. The van der Waals surface area contributed by atoms with Crippen molar-refractivity contribution in [1.82, 2.24) is 4.90 Å². The summed E-state index contributed by atoms with van der Waals surface area (Å²) in [5, 5.41) is 10.1. The van der Waals surface area contributed by atoms with Crippen molar-refractivity contribution in [1.29, 1.82) is 0 Å². The molecule has 1 heterocycles. The van der Waals surface area contributed by atoms with E-state index in [4.69, 9.17) is 0 Å². The van der Waals surface area contributed by atoms with E-state index in [1.807, 2.05) is 0 Å². The zero-order chi connectivity index (χ0) is 7.72. The smallest absolute Gasteiger partial charge is 0.262 e. The van der Waals surface area contributed by atoms with E-state index >= 15 is 0 Å². The van der Waals surface area contributed by atoms with Gasteiger partial charge in [-0.15, -0.1) is 0 Å². The van der Waals surface area contributed by atoms with Crippen LogP contribution in [0, 0.1) is 10.1 Å². The highest BCUT2D eigenvalue weighted by atomic mass is 16.6. The van der Waals surface area contributed by atoms with Crippen molar-refractivity contribution >= 4 is 12.2 Å². The van der Waals surface area contributed by atoms with E-state index in [9.17, 15) is 14.9 Å². The Morgan fingerprint density at radius 2 is 2.50 bits per heavy atom. The van der Waals surface area contributed by atoms with E-state index in [0.717, 1.165) is 11.1 Å². The van der Waals surface area contributed by atoms with Crippen molar-refractivity contribution in [3.8, 4) is 0 Å². The molecule has 0 N–H and O–H groups in total. The molecule has 0 saturated carbocycles. The first-order chi connectivity index (χ1) is 4.63. The predicted octanol–water partition coefficient (Wildman–Crippen LogP) is -0.275. The summed E-state index contributed by atoms with van der Waals surface area (Å²) in [6.07, 6.45) is -0.0602. The van der Waals surface area contributed by atoms with Crippen LogP contribution in [0.2, 0.25) is 0 Å². The lowest BCUT2D eigenvalue weighted by atomic mass is 10.5. The first kappa shape index (κ1) is 6.66. The van der Waals surface area contributed by atoms with Crippen LogP contribution in [-0.4, -0.2) is 35.3 Å². The fraction of sp³-hybridized carbons (Fsp3) is 0.500. The maximum atomic E-state index is 10.5. The minimum absolute atomic E-state index is 0.568. The third-order valence-corrected chi connectivity index (χ3v) is 1.23. The summed E-state index contributed by atoms with van der Waals surface area (Å²) in [7, 11) is 1.34. The standard InChI is InChI=1S/C4H5N3O3/c1-6-3(7(9)10)2-5-4(6)8/h2-3H,1H3. The Bertz CT molecular complexity index is 212. The molecular formula is C4H5N3O3. The van der Waals surface area contributed by atoms with Gasteiger partial charge in [0.15, 0.2) is 0 Å². The SMILES string of the molecule is CN1C(=O)N=CC1[N+](=O)[O-]. The summed E-state index contributed by atoms with van der Waals surface area (Å²) < 4.78 is 0. The zero-order valence-electron chi connectivity index (χ0n) is 5.22. The number of rotatable bonds is 1. The van der Waals surface area contributed by atoms with E-state index in [1.165, 1.54) is 7.05 Å². The molecule has 0 saturated heterocycles. The van der Waals surface area contributed by atoms with Crippen molar-refractivity contribution < 1.29 is 9.72 Å². The molecule has 0 aliphatic carbocycles. The van der Waals surface area contributed by atoms with Gasteiger partial charge in [0.05, 0.1) is 4.92 Å². The Morgan fingerprint density at radius 1 is 1.90 bits per heavy atom. The molecule has 2 amide bonds. The van der Waals surface area contributed by atoms with E-state index in [-0.39, 0.29) is 0 Å². The third-order valence-electron chi connectivity index (χ3n) is 1.23. The summed E-state index contributed by atoms with van der Waals surface area (Å²) in [6.45, 7) is 0. The van der Waals surface area contributed by atoms with Gasteiger partial charge in [-0.2, -0.15) is 4.99 Å². The molecule has 1 aliphatic heterocycles. The molecule has 0 spiro atoms. The van der Waals surface area contributed by atoms with E-state index in [0.29, 0.717) is 0 Å². The minimum Gasteiger partial charge on any atom is -0.262 e. The van der Waals surface area contributed by atoms with Gasteiger partial charge in [0.25, 0.3) is 0 Å². The molecule has 1 rings (SSSR count). The minimum atomic E-state index is -1.08. The lowest BCUT2D eigenvalue weighted by Gasteiger charge is -2.08. The molecule has 0 aromatic rings. The second-order valence-corrected chi connectivity index (χ2v) is 1.87. The molecule has 0 aromatic heterocycles. The van der Waals surface area contributed by atoms with Crippen molar-refractivity contribution in [2.45, 2.75) is 6.17 Å². The van der Waals surface area contributed by atoms with Gasteiger partial charge in [-0.1, -0.05) is 0 Å². The summed E-state index contributed by atoms with van der Waals surface area (Å²) in [6, 6.07) is -0.568. The second-order valence-electron chi connectivity index (χ2n) is 1.87. The Kier molecular flexibility index (Phi) is 1.37. The Morgan fingerprint density at radius 3 is 2.70 bits per heavy atom. The van der Waals surface area contributed by atoms with Crippen LogP contribution in [0.5, 0.6) is 0 Å². The van der Waals surface area contributed by atoms with Crippen molar-refractivity contribution in [2.75, 3.05) is 7.05 Å². The van der Waals surface area contributed by atoms with Gasteiger partial charge in [0.2, 0.25) is 0 Å². The first-order valence-corrected chi connectivity index (χ1v) is 2.57. The highest BCUT2D eigenvalue weighted by Crippen LogP contribution is 2.04. The topological polar surface area (TPSA) is 75.8 Å². The highest BCUT2D eigenvalue weighted by Gasteiger charge is 2.32. The largest absolute Gasteiger partial charge is 0.348 e. The lowest BCUT2D eigenvalue weighted by Crippen LogP contribution is -2.36. The number of hydrogen-bond acceptors (Lipinski definition) is 3. The van der Waals surface area contributed by atoms with Crippen LogP contribution in [0.25, 0.3) is 0 Å². The maximum Gasteiger partial charge on any atom is 0.348 e. The third kappa shape index (κ3) is 0.831. The molecule has 1 unspecified atom stereocenters. The molecule has 6 heteroatoms. The summed E-state index contributed by atoms with van der Waals surface area (Å²) in [5.41, 5.74) is 0.